The van der Waals surface area contributed by atoms with Crippen molar-refractivity contribution in [2.75, 3.05) is 18.5 Å². The molecule has 19 heavy (non-hydrogen) atoms. The number of esters is 1. The van der Waals surface area contributed by atoms with E-state index in [9.17, 15) is 9.59 Å². The first-order valence-corrected chi connectivity index (χ1v) is 7.09. The first-order chi connectivity index (χ1) is 9.06. The quantitative estimate of drug-likeness (QED) is 0.735. The third-order valence-corrected chi connectivity index (χ3v) is 3.09. The molecule has 1 aromatic rings. The molecule has 0 saturated carbocycles. The molecule has 1 aromatic heterocycles. The first kappa shape index (κ1) is 15.4. The molecule has 0 bridgehead atoms. The predicted molar refractivity (Wildman–Crippen MR) is 74.2 cm³/mol. The van der Waals surface area contributed by atoms with Crippen LogP contribution in [-0.2, 0) is 20.7 Å². The SMILES string of the molecule is CCNC(=O)C(C)Nc1nc(CC(=O)OCC)cs1. The minimum atomic E-state index is -0.360. The number of amides is 1. The molecule has 0 aliphatic carbocycles. The normalized spacial score (nSPS) is 11.7. The number of thiazole rings is 1. The van der Waals surface area contributed by atoms with Crippen LogP contribution in [0.25, 0.3) is 0 Å². The Morgan fingerprint density at radius 2 is 2.21 bits per heavy atom. The van der Waals surface area contributed by atoms with Crippen LogP contribution in [0.3, 0.4) is 0 Å². The Morgan fingerprint density at radius 1 is 1.47 bits per heavy atom. The fourth-order valence-corrected chi connectivity index (χ4v) is 2.19. The number of nitrogens with zero attached hydrogens (tertiary/aromatic N) is 1. The average Bonchev–Trinajstić information content (AvgIpc) is 2.77. The van der Waals surface area contributed by atoms with E-state index in [1.165, 1.54) is 11.3 Å². The van der Waals surface area contributed by atoms with Gasteiger partial charge in [-0.05, 0) is 20.8 Å². The summed E-state index contributed by atoms with van der Waals surface area (Å²) in [4.78, 5) is 27.1. The van der Waals surface area contributed by atoms with Crippen molar-refractivity contribution in [1.29, 1.82) is 0 Å². The summed E-state index contributed by atoms with van der Waals surface area (Å²) >= 11 is 1.36. The molecule has 1 rings (SSSR count). The zero-order valence-corrected chi connectivity index (χ0v) is 12.2. The van der Waals surface area contributed by atoms with Gasteiger partial charge in [0.1, 0.15) is 6.04 Å². The maximum absolute atomic E-state index is 11.5. The largest absolute Gasteiger partial charge is 0.466 e. The van der Waals surface area contributed by atoms with E-state index in [-0.39, 0.29) is 24.3 Å². The van der Waals surface area contributed by atoms with Gasteiger partial charge < -0.3 is 15.4 Å². The maximum atomic E-state index is 11.5. The second kappa shape index (κ2) is 7.73. The monoisotopic (exact) mass is 285 g/mol. The number of rotatable bonds is 7. The van der Waals surface area contributed by atoms with Gasteiger partial charge in [0.05, 0.1) is 18.7 Å². The van der Waals surface area contributed by atoms with Crippen LogP contribution in [0.4, 0.5) is 5.13 Å². The molecule has 6 nitrogen and oxygen atoms in total. The van der Waals surface area contributed by atoms with Crippen LogP contribution in [0.15, 0.2) is 5.38 Å². The van der Waals surface area contributed by atoms with Crippen LogP contribution in [0.5, 0.6) is 0 Å². The van der Waals surface area contributed by atoms with Gasteiger partial charge in [-0.2, -0.15) is 0 Å². The Hall–Kier alpha value is -1.63. The number of hydrogen-bond acceptors (Lipinski definition) is 6. The van der Waals surface area contributed by atoms with Crippen LogP contribution in [0.2, 0.25) is 0 Å². The number of carbonyl (C=O) groups excluding carboxylic acids is 2. The Kier molecular flexibility index (Phi) is 6.27. The molecule has 0 aliphatic heterocycles. The van der Waals surface area contributed by atoms with Gasteiger partial charge in [0.2, 0.25) is 5.91 Å². The summed E-state index contributed by atoms with van der Waals surface area (Å²) in [6.07, 6.45) is 0.154. The van der Waals surface area contributed by atoms with Gasteiger partial charge in [0.15, 0.2) is 5.13 Å². The van der Waals surface area contributed by atoms with Gasteiger partial charge in [0.25, 0.3) is 0 Å². The van der Waals surface area contributed by atoms with Crippen molar-refractivity contribution < 1.29 is 14.3 Å². The zero-order valence-electron chi connectivity index (χ0n) is 11.4. The van der Waals surface area contributed by atoms with E-state index in [0.29, 0.717) is 24.0 Å². The number of aromatic nitrogens is 1. The Labute approximate surface area is 116 Å². The molecule has 0 saturated heterocycles. The van der Waals surface area contributed by atoms with Crippen molar-refractivity contribution in [3.8, 4) is 0 Å². The van der Waals surface area contributed by atoms with Crippen molar-refractivity contribution in [3.63, 3.8) is 0 Å². The van der Waals surface area contributed by atoms with Gasteiger partial charge in [-0.3, -0.25) is 9.59 Å². The number of likely N-dealkylation sites (N-methyl/N-ethyl adjacent to an activating group) is 1. The van der Waals surface area contributed by atoms with E-state index < -0.39 is 0 Å². The maximum Gasteiger partial charge on any atom is 0.311 e. The van der Waals surface area contributed by atoms with Crippen molar-refractivity contribution >= 4 is 28.3 Å². The molecule has 106 valence electrons. The molecule has 2 N–H and O–H groups in total. The molecule has 1 unspecified atom stereocenters. The predicted octanol–water partition coefficient (Wildman–Crippen LogP) is 1.19. The van der Waals surface area contributed by atoms with Crippen molar-refractivity contribution in [1.82, 2.24) is 10.3 Å². The Balaban J connectivity index is 2.50. The average molecular weight is 285 g/mol. The minimum absolute atomic E-state index is 0.0790. The van der Waals surface area contributed by atoms with Crippen LogP contribution in [0.1, 0.15) is 26.5 Å². The molecule has 0 fully saturated rings. The molecule has 1 atom stereocenters. The number of ether oxygens (including phenoxy) is 1. The van der Waals surface area contributed by atoms with E-state index >= 15 is 0 Å². The van der Waals surface area contributed by atoms with Gasteiger partial charge in [-0.15, -0.1) is 11.3 Å². The lowest BCUT2D eigenvalue weighted by Crippen LogP contribution is -2.37. The highest BCUT2D eigenvalue weighted by molar-refractivity contribution is 7.13. The van der Waals surface area contributed by atoms with Gasteiger partial charge in [-0.1, -0.05) is 0 Å². The van der Waals surface area contributed by atoms with Crippen LogP contribution in [0, 0.1) is 0 Å². The zero-order chi connectivity index (χ0) is 14.3. The first-order valence-electron chi connectivity index (χ1n) is 6.21. The van der Waals surface area contributed by atoms with Crippen molar-refractivity contribution in [2.45, 2.75) is 33.2 Å². The smallest absolute Gasteiger partial charge is 0.311 e. The minimum Gasteiger partial charge on any atom is -0.466 e. The third kappa shape index (κ3) is 5.25. The number of anilines is 1. The molecule has 0 spiro atoms. The summed E-state index contributed by atoms with van der Waals surface area (Å²) in [6, 6.07) is -0.360. The summed E-state index contributed by atoms with van der Waals surface area (Å²) in [6.45, 7) is 6.35. The lowest BCUT2D eigenvalue weighted by atomic mass is 10.3. The highest BCUT2D eigenvalue weighted by Crippen LogP contribution is 2.17. The molecule has 1 heterocycles. The molecule has 1 amide bonds. The van der Waals surface area contributed by atoms with E-state index in [0.717, 1.165) is 0 Å². The molecule has 0 radical (unpaired) electrons. The summed E-state index contributed by atoms with van der Waals surface area (Å²) in [5.74, 6) is -0.374. The molecule has 7 heteroatoms. The van der Waals surface area contributed by atoms with Crippen LogP contribution < -0.4 is 10.6 Å². The standard InChI is InChI=1S/C12H19N3O3S/c1-4-13-11(17)8(3)14-12-15-9(7-19-12)6-10(16)18-5-2/h7-8H,4-6H2,1-3H3,(H,13,17)(H,14,15). The second-order valence-electron chi connectivity index (χ2n) is 3.89. The van der Waals surface area contributed by atoms with Crippen molar-refractivity contribution in [2.24, 2.45) is 0 Å². The Bertz CT molecular complexity index is 434. The van der Waals surface area contributed by atoms with E-state index in [2.05, 4.69) is 15.6 Å². The molecular formula is C12H19N3O3S. The lowest BCUT2D eigenvalue weighted by Gasteiger charge is -2.11. The highest BCUT2D eigenvalue weighted by atomic mass is 32.1. The highest BCUT2D eigenvalue weighted by Gasteiger charge is 2.14. The van der Waals surface area contributed by atoms with Gasteiger partial charge >= 0.3 is 5.97 Å². The van der Waals surface area contributed by atoms with Gasteiger partial charge in [-0.25, -0.2) is 4.98 Å². The summed E-state index contributed by atoms with van der Waals surface area (Å²) in [5, 5.41) is 8.12. The third-order valence-electron chi connectivity index (χ3n) is 2.27. The Morgan fingerprint density at radius 3 is 2.84 bits per heavy atom. The molecular weight excluding hydrogens is 266 g/mol. The van der Waals surface area contributed by atoms with Gasteiger partial charge in [0, 0.05) is 11.9 Å². The van der Waals surface area contributed by atoms with E-state index in [4.69, 9.17) is 4.74 Å². The molecule has 0 aromatic carbocycles. The summed E-state index contributed by atoms with van der Waals surface area (Å²) in [5.41, 5.74) is 0.647. The van der Waals surface area contributed by atoms with Crippen LogP contribution in [-0.4, -0.2) is 36.1 Å². The second-order valence-corrected chi connectivity index (χ2v) is 4.74. The molecule has 0 aliphatic rings. The fraction of sp³-hybridized carbons (Fsp3) is 0.583. The lowest BCUT2D eigenvalue weighted by molar-refractivity contribution is -0.142. The number of carbonyl (C=O) groups is 2. The fourth-order valence-electron chi connectivity index (χ4n) is 1.39. The van der Waals surface area contributed by atoms with Crippen LogP contribution >= 0.6 is 11.3 Å². The summed E-state index contributed by atoms with van der Waals surface area (Å²) < 4.78 is 4.85. The number of nitrogens with one attached hydrogen (secondary N) is 2. The summed E-state index contributed by atoms with van der Waals surface area (Å²) in [7, 11) is 0. The van der Waals surface area contributed by atoms with E-state index in [1.54, 1.807) is 19.2 Å². The topological polar surface area (TPSA) is 80.3 Å². The number of hydrogen-bond donors (Lipinski definition) is 2. The van der Waals surface area contributed by atoms with E-state index in [1.807, 2.05) is 6.92 Å². The van der Waals surface area contributed by atoms with Crippen molar-refractivity contribution in [3.05, 3.63) is 11.1 Å².